The quantitative estimate of drug-likeness (QED) is 0.165. The van der Waals surface area contributed by atoms with E-state index in [1.54, 1.807) is 0 Å². The monoisotopic (exact) mass is 757 g/mol. The minimum atomic E-state index is 0.0287. The average Bonchev–Trinajstić information content (AvgIpc) is 3.30. The van der Waals surface area contributed by atoms with Gasteiger partial charge in [-0.15, -0.1) is 0 Å². The number of nitrogens with zero attached hydrogens (tertiary/aromatic N) is 4. The number of pyridine rings is 1. The molecule has 0 fully saturated rings. The molecule has 44 heavy (non-hydrogen) atoms. The van der Waals surface area contributed by atoms with E-state index in [9.17, 15) is 0 Å². The van der Waals surface area contributed by atoms with Crippen molar-refractivity contribution in [2.24, 2.45) is 7.05 Å². The van der Waals surface area contributed by atoms with Gasteiger partial charge in [-0.25, -0.2) is 0 Å². The Kier molecular flexibility index (Phi) is 7.38. The van der Waals surface area contributed by atoms with E-state index in [1.165, 1.54) is 22.3 Å². The number of para-hydroxylation sites is 2. The van der Waals surface area contributed by atoms with Crippen molar-refractivity contribution in [1.29, 1.82) is 0 Å². The van der Waals surface area contributed by atoms with E-state index in [0.717, 1.165) is 51.4 Å². The summed E-state index contributed by atoms with van der Waals surface area (Å²) in [6, 6.07) is 38.7. The molecule has 5 nitrogen and oxygen atoms in total. The number of anilines is 2. The molecule has 0 spiro atoms. The summed E-state index contributed by atoms with van der Waals surface area (Å²) in [5.74, 6) is 2.25. The van der Waals surface area contributed by atoms with E-state index in [0.29, 0.717) is 11.5 Å². The van der Waals surface area contributed by atoms with Crippen molar-refractivity contribution in [2.45, 2.75) is 39.0 Å². The van der Waals surface area contributed by atoms with Crippen LogP contribution in [0.2, 0.25) is 0 Å². The van der Waals surface area contributed by atoms with Crippen LogP contribution >= 0.6 is 0 Å². The zero-order chi connectivity index (χ0) is 30.4. The maximum absolute atomic E-state index is 6.61. The fourth-order valence-corrected chi connectivity index (χ4v) is 6.83. The molecule has 0 amide bonds. The predicted octanol–water partition coefficient (Wildman–Crippen LogP) is 8.88. The van der Waals surface area contributed by atoms with Crippen LogP contribution in [-0.4, -0.2) is 20.7 Å². The minimum absolute atomic E-state index is 0.0287. The molecule has 0 atom stereocenters. The first-order valence-corrected chi connectivity index (χ1v) is 16.1. The number of imidazole rings is 1. The first-order chi connectivity index (χ1) is 21.3. The van der Waals surface area contributed by atoms with Crippen molar-refractivity contribution in [1.82, 2.24) is 14.1 Å². The number of benzene rings is 4. The summed E-state index contributed by atoms with van der Waals surface area (Å²) in [6.45, 7) is 7.60. The van der Waals surface area contributed by atoms with E-state index in [2.05, 4.69) is 152 Å². The van der Waals surface area contributed by atoms with E-state index in [1.807, 2.05) is 18.3 Å². The van der Waals surface area contributed by atoms with Crippen molar-refractivity contribution in [3.63, 3.8) is 0 Å². The molecule has 1 aliphatic heterocycles. The Hall–Kier alpha value is -4.21. The van der Waals surface area contributed by atoms with Crippen LogP contribution in [-0.2, 0) is 38.2 Å². The molecule has 2 aromatic heterocycles. The van der Waals surface area contributed by atoms with Gasteiger partial charge in [0, 0.05) is 6.20 Å². The number of fused-ring (bicyclic) bond motifs is 2. The number of hydrogen-bond donors (Lipinski definition) is 0. The third-order valence-corrected chi connectivity index (χ3v) is 9.57. The van der Waals surface area contributed by atoms with Gasteiger partial charge in [0.25, 0.3) is 0 Å². The zero-order valence-corrected chi connectivity index (χ0v) is 27.6. The molecule has 0 saturated heterocycles. The SMILES string of the molecule is Cn1[c](=[Pt])n(-c2[c-]c(Oc3[c-]c4c(c(-c5ccccc5)c3)CCCN4c3cc(C(C)(C)C)ccn3)ccc2)c2ccccc21. The van der Waals surface area contributed by atoms with Crippen molar-refractivity contribution in [2.75, 3.05) is 11.4 Å². The standard InChI is InChI=1S/C38H34N4O.Pt/c1-38(2,3)28-19-20-39-37(22-28)41-21-11-16-32-33(27-12-6-5-7-13-27)24-31(25-36(32)41)43-30-15-10-14-29(23-30)42-26-40(4)34-17-8-9-18-35(34)42;/h5-10,12-15,17-20,22,24H,11,16,21H2,1-4H3;/q-2;. The van der Waals surface area contributed by atoms with E-state index < -0.39 is 0 Å². The number of aromatic nitrogens is 3. The number of aryl methyl sites for hydroxylation is 1. The predicted molar refractivity (Wildman–Crippen MR) is 173 cm³/mol. The van der Waals surface area contributed by atoms with Gasteiger partial charge in [-0.3, -0.25) is 0 Å². The Balaban J connectivity index is 1.33. The molecular formula is C38H34N4OPt-2. The van der Waals surface area contributed by atoms with E-state index >= 15 is 0 Å². The Bertz CT molecular complexity index is 2050. The van der Waals surface area contributed by atoms with Gasteiger partial charge in [0.05, 0.1) is 0 Å². The zero-order valence-electron chi connectivity index (χ0n) is 25.4. The van der Waals surface area contributed by atoms with Gasteiger partial charge in [0.1, 0.15) is 0 Å². The van der Waals surface area contributed by atoms with Crippen LogP contribution < -0.4 is 9.64 Å². The van der Waals surface area contributed by atoms with Crippen molar-refractivity contribution >= 4 is 22.5 Å². The van der Waals surface area contributed by atoms with Gasteiger partial charge in [-0.1, -0.05) is 26.8 Å². The van der Waals surface area contributed by atoms with Crippen LogP contribution in [0.1, 0.15) is 38.3 Å². The summed E-state index contributed by atoms with van der Waals surface area (Å²) in [5, 5.41) is 0. The Morgan fingerprint density at radius 1 is 0.841 bits per heavy atom. The summed E-state index contributed by atoms with van der Waals surface area (Å²) >= 11 is 2.37. The first-order valence-electron chi connectivity index (χ1n) is 15.0. The van der Waals surface area contributed by atoms with Gasteiger partial charge < -0.3 is 0 Å². The second-order valence-electron chi connectivity index (χ2n) is 12.3. The normalized spacial score (nSPS) is 13.3. The summed E-state index contributed by atoms with van der Waals surface area (Å²) < 4.78 is 12.1. The fourth-order valence-electron chi connectivity index (χ4n) is 6.01. The van der Waals surface area contributed by atoms with Gasteiger partial charge in [-0.2, -0.15) is 0 Å². The second-order valence-corrected chi connectivity index (χ2v) is 13.3. The van der Waals surface area contributed by atoms with Gasteiger partial charge in [0.2, 0.25) is 0 Å². The molecule has 3 heterocycles. The Morgan fingerprint density at radius 3 is 2.41 bits per heavy atom. The number of ether oxygens (including phenoxy) is 1. The van der Waals surface area contributed by atoms with Crippen LogP contribution in [0, 0.1) is 15.9 Å². The molecule has 7 rings (SSSR count). The molecule has 6 aromatic rings. The number of rotatable bonds is 5. The molecule has 0 saturated carbocycles. The van der Waals surface area contributed by atoms with Gasteiger partial charge in [0.15, 0.2) is 0 Å². The Morgan fingerprint density at radius 2 is 1.61 bits per heavy atom. The van der Waals surface area contributed by atoms with Crippen molar-refractivity contribution in [3.05, 3.63) is 124 Å². The van der Waals surface area contributed by atoms with Crippen molar-refractivity contribution < 1.29 is 24.1 Å². The maximum atomic E-state index is 6.61. The molecule has 4 aromatic carbocycles. The summed E-state index contributed by atoms with van der Waals surface area (Å²) in [6.07, 6.45) is 3.94. The molecule has 0 bridgehead atoms. The molecule has 6 heteroatoms. The molecule has 1 aliphatic rings. The van der Waals surface area contributed by atoms with Crippen LogP contribution in [0.3, 0.4) is 0 Å². The Labute approximate surface area is 269 Å². The van der Waals surface area contributed by atoms with Crippen molar-refractivity contribution in [3.8, 4) is 28.3 Å². The topological polar surface area (TPSA) is 35.2 Å². The molecule has 0 N–H and O–H groups in total. The van der Waals surface area contributed by atoms with E-state index in [-0.39, 0.29) is 5.41 Å². The molecule has 0 radical (unpaired) electrons. The van der Waals surface area contributed by atoms with Crippen LogP contribution in [0.5, 0.6) is 11.5 Å². The number of hydrogen-bond acceptors (Lipinski definition) is 3. The third-order valence-electron chi connectivity index (χ3n) is 8.30. The molecular weight excluding hydrogens is 724 g/mol. The summed E-state index contributed by atoms with van der Waals surface area (Å²) in [5.41, 5.74) is 9.14. The van der Waals surface area contributed by atoms with Crippen LogP contribution in [0.4, 0.5) is 11.5 Å². The summed E-state index contributed by atoms with van der Waals surface area (Å²) in [7, 11) is 2.09. The van der Waals surface area contributed by atoms with E-state index in [4.69, 9.17) is 9.72 Å². The molecule has 224 valence electrons. The summed E-state index contributed by atoms with van der Waals surface area (Å²) in [4.78, 5) is 7.13. The van der Waals surface area contributed by atoms with Gasteiger partial charge >= 0.3 is 221 Å². The fraction of sp³-hybridized carbons (Fsp3) is 0.211. The third kappa shape index (κ3) is 5.24. The van der Waals surface area contributed by atoms with Crippen LogP contribution in [0.15, 0.2) is 97.2 Å². The second kappa shape index (κ2) is 11.4. The van der Waals surface area contributed by atoms with Gasteiger partial charge in [-0.05, 0) is 17.0 Å². The van der Waals surface area contributed by atoms with Crippen LogP contribution in [0.25, 0.3) is 27.8 Å². The average molecular weight is 758 g/mol. The first kappa shape index (κ1) is 28.6. The molecule has 0 aliphatic carbocycles. The molecule has 0 unspecified atom stereocenters.